The second kappa shape index (κ2) is 5.29. The van der Waals surface area contributed by atoms with Crippen LogP contribution in [0.4, 0.5) is 10.5 Å². The van der Waals surface area contributed by atoms with Gasteiger partial charge in [0.1, 0.15) is 5.60 Å². The molecule has 1 aromatic carbocycles. The monoisotopic (exact) mass is 282 g/mol. The number of carbonyl (C=O) groups excluding carboxylic acids is 1. The lowest BCUT2D eigenvalue weighted by Crippen LogP contribution is -2.57. The van der Waals surface area contributed by atoms with Gasteiger partial charge in [-0.05, 0) is 32.9 Å². The second-order valence-corrected chi connectivity index (χ2v) is 6.11. The topological polar surface area (TPSA) is 41.6 Å². The fourth-order valence-corrected chi connectivity index (χ4v) is 2.03. The van der Waals surface area contributed by atoms with Crippen LogP contribution in [0.5, 0.6) is 0 Å². The first-order valence-electron chi connectivity index (χ1n) is 6.34. The van der Waals surface area contributed by atoms with Gasteiger partial charge in [0.2, 0.25) is 0 Å². The van der Waals surface area contributed by atoms with Crippen molar-refractivity contribution in [2.45, 2.75) is 32.4 Å². The highest BCUT2D eigenvalue weighted by molar-refractivity contribution is 6.33. The maximum Gasteiger partial charge on any atom is 0.410 e. The average molecular weight is 283 g/mol. The predicted octanol–water partition coefficient (Wildman–Crippen LogP) is 3.37. The molecule has 0 bridgehead atoms. The SMILES string of the molecule is CC(C)(C)OC(=O)N1CC(Nc2ccccc2Cl)C1. The summed E-state index contributed by atoms with van der Waals surface area (Å²) in [5.74, 6) is 0. The Kier molecular flexibility index (Phi) is 3.90. The Labute approximate surface area is 118 Å². The highest BCUT2D eigenvalue weighted by Crippen LogP contribution is 2.24. The van der Waals surface area contributed by atoms with Crippen molar-refractivity contribution in [1.29, 1.82) is 0 Å². The van der Waals surface area contributed by atoms with Gasteiger partial charge >= 0.3 is 6.09 Å². The number of hydrogen-bond donors (Lipinski definition) is 1. The number of carbonyl (C=O) groups is 1. The first-order valence-corrected chi connectivity index (χ1v) is 6.72. The summed E-state index contributed by atoms with van der Waals surface area (Å²) in [7, 11) is 0. The van der Waals surface area contributed by atoms with Gasteiger partial charge < -0.3 is 15.0 Å². The number of rotatable bonds is 2. The molecule has 1 amide bonds. The molecule has 2 rings (SSSR count). The Morgan fingerprint density at radius 2 is 2.00 bits per heavy atom. The summed E-state index contributed by atoms with van der Waals surface area (Å²) in [6, 6.07) is 7.82. The molecule has 19 heavy (non-hydrogen) atoms. The first kappa shape index (κ1) is 14.0. The van der Waals surface area contributed by atoms with Crippen LogP contribution >= 0.6 is 11.6 Å². The lowest BCUT2D eigenvalue weighted by Gasteiger charge is -2.40. The molecular formula is C14H19ClN2O2. The minimum Gasteiger partial charge on any atom is -0.444 e. The van der Waals surface area contributed by atoms with E-state index < -0.39 is 5.60 Å². The van der Waals surface area contributed by atoms with Crippen molar-refractivity contribution in [2.24, 2.45) is 0 Å². The number of benzene rings is 1. The molecule has 4 nitrogen and oxygen atoms in total. The minimum atomic E-state index is -0.446. The smallest absolute Gasteiger partial charge is 0.410 e. The molecule has 1 N–H and O–H groups in total. The van der Waals surface area contributed by atoms with Gasteiger partial charge in [0.25, 0.3) is 0 Å². The standard InChI is InChI=1S/C14H19ClN2O2/c1-14(2,3)19-13(18)17-8-10(9-17)16-12-7-5-4-6-11(12)15/h4-7,10,16H,8-9H2,1-3H3. The molecule has 5 heteroatoms. The van der Waals surface area contributed by atoms with Crippen molar-refractivity contribution >= 4 is 23.4 Å². The van der Waals surface area contributed by atoms with Crippen molar-refractivity contribution in [3.63, 3.8) is 0 Å². The first-order chi connectivity index (χ1) is 8.85. The number of halogens is 1. The Hall–Kier alpha value is -1.42. The molecule has 0 saturated carbocycles. The molecule has 104 valence electrons. The quantitative estimate of drug-likeness (QED) is 0.904. The molecule has 0 spiro atoms. The van der Waals surface area contributed by atoms with Gasteiger partial charge in [-0.1, -0.05) is 23.7 Å². The summed E-state index contributed by atoms with van der Waals surface area (Å²) in [4.78, 5) is 13.4. The van der Waals surface area contributed by atoms with E-state index in [2.05, 4.69) is 5.32 Å². The zero-order valence-electron chi connectivity index (χ0n) is 11.4. The fourth-order valence-electron chi connectivity index (χ4n) is 1.84. The largest absolute Gasteiger partial charge is 0.444 e. The van der Waals surface area contributed by atoms with E-state index in [9.17, 15) is 4.79 Å². The summed E-state index contributed by atoms with van der Waals surface area (Å²) in [6.07, 6.45) is -0.260. The van der Waals surface area contributed by atoms with Crippen molar-refractivity contribution in [3.05, 3.63) is 29.3 Å². The molecule has 1 saturated heterocycles. The van der Waals surface area contributed by atoms with E-state index in [4.69, 9.17) is 16.3 Å². The molecule has 1 fully saturated rings. The van der Waals surface area contributed by atoms with E-state index in [1.807, 2.05) is 45.0 Å². The maximum absolute atomic E-state index is 11.8. The molecule has 0 aromatic heterocycles. The Bertz CT molecular complexity index is 465. The fraction of sp³-hybridized carbons (Fsp3) is 0.500. The van der Waals surface area contributed by atoms with E-state index in [0.717, 1.165) is 5.69 Å². The van der Waals surface area contributed by atoms with Gasteiger partial charge in [0.15, 0.2) is 0 Å². The third-order valence-corrected chi connectivity index (χ3v) is 3.10. The number of ether oxygens (including phenoxy) is 1. The van der Waals surface area contributed by atoms with Crippen LogP contribution in [0, 0.1) is 0 Å². The van der Waals surface area contributed by atoms with Crippen molar-refractivity contribution < 1.29 is 9.53 Å². The van der Waals surface area contributed by atoms with Crippen LogP contribution in [0.25, 0.3) is 0 Å². The summed E-state index contributed by atoms with van der Waals surface area (Å²) in [6.45, 7) is 6.87. The lowest BCUT2D eigenvalue weighted by molar-refractivity contribution is 0.0105. The van der Waals surface area contributed by atoms with Gasteiger partial charge in [-0.3, -0.25) is 0 Å². The molecule has 1 aliphatic rings. The zero-order chi connectivity index (χ0) is 14.0. The van der Waals surface area contributed by atoms with Gasteiger partial charge in [0, 0.05) is 13.1 Å². The zero-order valence-corrected chi connectivity index (χ0v) is 12.2. The molecule has 0 atom stereocenters. The highest BCUT2D eigenvalue weighted by atomic mass is 35.5. The number of para-hydroxylation sites is 1. The number of nitrogens with one attached hydrogen (secondary N) is 1. The van der Waals surface area contributed by atoms with E-state index in [0.29, 0.717) is 18.1 Å². The number of likely N-dealkylation sites (tertiary alicyclic amines) is 1. The summed E-state index contributed by atoms with van der Waals surface area (Å²) in [5.41, 5.74) is 0.455. The molecule has 0 radical (unpaired) electrons. The van der Waals surface area contributed by atoms with Crippen LogP contribution in [0.2, 0.25) is 5.02 Å². The van der Waals surface area contributed by atoms with Crippen molar-refractivity contribution in [3.8, 4) is 0 Å². The van der Waals surface area contributed by atoms with Gasteiger partial charge in [-0.25, -0.2) is 4.79 Å². The Morgan fingerprint density at radius 3 is 2.58 bits per heavy atom. The van der Waals surface area contributed by atoms with Crippen molar-refractivity contribution in [2.75, 3.05) is 18.4 Å². The van der Waals surface area contributed by atoms with Crippen LogP contribution in [0.15, 0.2) is 24.3 Å². The van der Waals surface area contributed by atoms with Crippen LogP contribution in [0.3, 0.4) is 0 Å². The van der Waals surface area contributed by atoms with E-state index in [1.54, 1.807) is 4.90 Å². The highest BCUT2D eigenvalue weighted by Gasteiger charge is 2.33. The number of hydrogen-bond acceptors (Lipinski definition) is 3. The third kappa shape index (κ3) is 3.77. The van der Waals surface area contributed by atoms with Crippen molar-refractivity contribution in [1.82, 2.24) is 4.90 Å². The van der Waals surface area contributed by atoms with Crippen LogP contribution in [0.1, 0.15) is 20.8 Å². The van der Waals surface area contributed by atoms with Gasteiger partial charge in [-0.2, -0.15) is 0 Å². The lowest BCUT2D eigenvalue weighted by atomic mass is 10.1. The minimum absolute atomic E-state index is 0.229. The molecule has 1 heterocycles. The molecule has 0 aliphatic carbocycles. The Morgan fingerprint density at radius 1 is 1.37 bits per heavy atom. The van der Waals surface area contributed by atoms with E-state index in [-0.39, 0.29) is 12.1 Å². The summed E-state index contributed by atoms with van der Waals surface area (Å²) in [5, 5.41) is 4.01. The molecule has 1 aromatic rings. The normalized spacial score (nSPS) is 15.9. The number of nitrogens with zero attached hydrogens (tertiary/aromatic N) is 1. The summed E-state index contributed by atoms with van der Waals surface area (Å²) < 4.78 is 5.30. The molecular weight excluding hydrogens is 264 g/mol. The molecule has 1 aliphatic heterocycles. The predicted molar refractivity (Wildman–Crippen MR) is 76.7 cm³/mol. The maximum atomic E-state index is 11.8. The van der Waals surface area contributed by atoms with E-state index in [1.165, 1.54) is 0 Å². The Balaban J connectivity index is 1.81. The summed E-state index contributed by atoms with van der Waals surface area (Å²) >= 11 is 6.07. The molecule has 0 unspecified atom stereocenters. The van der Waals surface area contributed by atoms with Crippen LogP contribution in [-0.2, 0) is 4.74 Å². The second-order valence-electron chi connectivity index (χ2n) is 5.71. The van der Waals surface area contributed by atoms with Gasteiger partial charge in [-0.15, -0.1) is 0 Å². The number of anilines is 1. The van der Waals surface area contributed by atoms with Crippen LogP contribution < -0.4 is 5.32 Å². The van der Waals surface area contributed by atoms with Crippen LogP contribution in [-0.4, -0.2) is 35.7 Å². The van der Waals surface area contributed by atoms with Gasteiger partial charge in [0.05, 0.1) is 16.8 Å². The average Bonchev–Trinajstić information content (AvgIpc) is 2.22. The number of amides is 1. The van der Waals surface area contributed by atoms with E-state index >= 15 is 0 Å². The third-order valence-electron chi connectivity index (χ3n) is 2.77.